The van der Waals surface area contributed by atoms with E-state index in [4.69, 9.17) is 0 Å². The zero-order valence-corrected chi connectivity index (χ0v) is 14.5. The molecule has 0 atom stereocenters. The van der Waals surface area contributed by atoms with Crippen LogP contribution >= 0.6 is 27.3 Å². The molecule has 0 saturated carbocycles. The second kappa shape index (κ2) is 7.34. The molecular formula is C14H18BrN5OS. The van der Waals surface area contributed by atoms with Crippen molar-refractivity contribution in [2.45, 2.75) is 25.3 Å². The molecule has 8 heteroatoms. The minimum atomic E-state index is -0.157. The normalized spacial score (nSPS) is 15.9. The van der Waals surface area contributed by atoms with Crippen LogP contribution in [0.15, 0.2) is 22.1 Å². The SMILES string of the molecule is O=C(NCCc1ccc(Br)s1)c1cn(C2CCNCC2)nn1. The maximum atomic E-state index is 12.1. The van der Waals surface area contributed by atoms with Crippen LogP contribution in [0.3, 0.4) is 0 Å². The maximum Gasteiger partial charge on any atom is 0.273 e. The predicted molar refractivity (Wildman–Crippen MR) is 89.2 cm³/mol. The summed E-state index contributed by atoms with van der Waals surface area (Å²) in [6.07, 6.45) is 4.63. The van der Waals surface area contributed by atoms with Crippen molar-refractivity contribution in [1.82, 2.24) is 25.6 Å². The van der Waals surface area contributed by atoms with Crippen molar-refractivity contribution >= 4 is 33.2 Å². The number of thiophene rings is 1. The summed E-state index contributed by atoms with van der Waals surface area (Å²) in [5, 5.41) is 14.3. The number of nitrogens with zero attached hydrogens (tertiary/aromatic N) is 3. The zero-order chi connectivity index (χ0) is 15.4. The fourth-order valence-electron chi connectivity index (χ4n) is 2.51. The van der Waals surface area contributed by atoms with Crippen molar-refractivity contribution in [3.63, 3.8) is 0 Å². The highest BCUT2D eigenvalue weighted by molar-refractivity contribution is 9.11. The molecule has 3 heterocycles. The third-order valence-corrected chi connectivity index (χ3v) is 5.39. The third-order valence-electron chi connectivity index (χ3n) is 3.71. The highest BCUT2D eigenvalue weighted by atomic mass is 79.9. The monoisotopic (exact) mass is 383 g/mol. The Morgan fingerprint density at radius 1 is 1.45 bits per heavy atom. The molecule has 1 saturated heterocycles. The average molecular weight is 384 g/mol. The van der Waals surface area contributed by atoms with Crippen molar-refractivity contribution in [2.24, 2.45) is 0 Å². The van der Waals surface area contributed by atoms with Gasteiger partial charge in [0.1, 0.15) is 0 Å². The standard InChI is InChI=1S/C14H18BrN5OS/c15-13-2-1-11(22-13)5-8-17-14(21)12-9-20(19-18-12)10-3-6-16-7-4-10/h1-2,9-10,16H,3-8H2,(H,17,21). The molecule has 1 fully saturated rings. The van der Waals surface area contributed by atoms with Gasteiger partial charge >= 0.3 is 0 Å². The quantitative estimate of drug-likeness (QED) is 0.827. The number of carbonyl (C=O) groups is 1. The number of carbonyl (C=O) groups excluding carboxylic acids is 1. The summed E-state index contributed by atoms with van der Waals surface area (Å²) in [4.78, 5) is 13.3. The van der Waals surface area contributed by atoms with Crippen molar-refractivity contribution in [3.05, 3.63) is 32.7 Å². The Hall–Kier alpha value is -1.25. The van der Waals surface area contributed by atoms with Gasteiger partial charge in [-0.25, -0.2) is 4.68 Å². The molecule has 0 radical (unpaired) electrons. The molecule has 1 amide bonds. The molecule has 0 bridgehead atoms. The number of nitrogens with one attached hydrogen (secondary N) is 2. The topological polar surface area (TPSA) is 71.8 Å². The summed E-state index contributed by atoms with van der Waals surface area (Å²) in [5.41, 5.74) is 0.394. The van der Waals surface area contributed by atoms with Crippen LogP contribution in [0, 0.1) is 0 Å². The van der Waals surface area contributed by atoms with E-state index >= 15 is 0 Å². The van der Waals surface area contributed by atoms with E-state index in [0.29, 0.717) is 18.3 Å². The van der Waals surface area contributed by atoms with Gasteiger partial charge in [-0.05, 0) is 60.4 Å². The first-order valence-corrected chi connectivity index (χ1v) is 8.98. The lowest BCUT2D eigenvalue weighted by molar-refractivity contribution is 0.0949. The van der Waals surface area contributed by atoms with Crippen molar-refractivity contribution < 1.29 is 4.79 Å². The number of hydrogen-bond donors (Lipinski definition) is 2. The van der Waals surface area contributed by atoms with E-state index in [0.717, 1.165) is 36.1 Å². The van der Waals surface area contributed by atoms with Crippen LogP contribution in [0.5, 0.6) is 0 Å². The zero-order valence-electron chi connectivity index (χ0n) is 12.1. The van der Waals surface area contributed by atoms with Gasteiger partial charge in [-0.1, -0.05) is 5.21 Å². The Kier molecular flexibility index (Phi) is 5.22. The summed E-state index contributed by atoms with van der Waals surface area (Å²) < 4.78 is 2.94. The molecule has 22 heavy (non-hydrogen) atoms. The summed E-state index contributed by atoms with van der Waals surface area (Å²) >= 11 is 5.12. The van der Waals surface area contributed by atoms with Gasteiger partial charge in [0.2, 0.25) is 0 Å². The van der Waals surface area contributed by atoms with Gasteiger partial charge in [-0.15, -0.1) is 16.4 Å². The number of aromatic nitrogens is 3. The number of rotatable bonds is 5. The van der Waals surface area contributed by atoms with Crippen LogP contribution in [-0.2, 0) is 6.42 Å². The molecule has 6 nitrogen and oxygen atoms in total. The van der Waals surface area contributed by atoms with Gasteiger partial charge in [0.25, 0.3) is 5.91 Å². The summed E-state index contributed by atoms with van der Waals surface area (Å²) in [5.74, 6) is -0.157. The van der Waals surface area contributed by atoms with E-state index in [2.05, 4.69) is 42.9 Å². The Morgan fingerprint density at radius 3 is 3.00 bits per heavy atom. The number of piperidine rings is 1. The van der Waals surface area contributed by atoms with Gasteiger partial charge in [0.15, 0.2) is 5.69 Å². The van der Waals surface area contributed by atoms with Crippen LogP contribution in [0.1, 0.15) is 34.2 Å². The summed E-state index contributed by atoms with van der Waals surface area (Å²) in [6, 6.07) is 4.43. The minimum absolute atomic E-state index is 0.157. The fourth-order valence-corrected chi connectivity index (χ4v) is 3.99. The molecule has 3 rings (SSSR count). The molecule has 2 aromatic rings. The highest BCUT2D eigenvalue weighted by Crippen LogP contribution is 2.22. The molecule has 1 aliphatic heterocycles. The molecule has 0 unspecified atom stereocenters. The molecule has 0 spiro atoms. The lowest BCUT2D eigenvalue weighted by Gasteiger charge is -2.22. The number of halogens is 1. The van der Waals surface area contributed by atoms with Gasteiger partial charge in [0, 0.05) is 11.4 Å². The van der Waals surface area contributed by atoms with Crippen LogP contribution < -0.4 is 10.6 Å². The second-order valence-electron chi connectivity index (χ2n) is 5.28. The second-order valence-corrected chi connectivity index (χ2v) is 7.82. The largest absolute Gasteiger partial charge is 0.350 e. The van der Waals surface area contributed by atoms with Gasteiger partial charge in [0.05, 0.1) is 16.0 Å². The van der Waals surface area contributed by atoms with Crippen molar-refractivity contribution in [3.8, 4) is 0 Å². The van der Waals surface area contributed by atoms with Crippen molar-refractivity contribution in [1.29, 1.82) is 0 Å². The predicted octanol–water partition coefficient (Wildman–Crippen LogP) is 2.00. The van der Waals surface area contributed by atoms with Gasteiger partial charge in [-0.3, -0.25) is 4.79 Å². The average Bonchev–Trinajstić information content (AvgIpc) is 3.17. The molecule has 1 aliphatic rings. The van der Waals surface area contributed by atoms with Gasteiger partial charge < -0.3 is 10.6 Å². The molecule has 2 N–H and O–H groups in total. The molecule has 0 aromatic carbocycles. The Balaban J connectivity index is 1.50. The van der Waals surface area contributed by atoms with E-state index in [9.17, 15) is 4.79 Å². The Morgan fingerprint density at radius 2 is 2.27 bits per heavy atom. The number of hydrogen-bond acceptors (Lipinski definition) is 5. The third kappa shape index (κ3) is 3.93. The molecular weight excluding hydrogens is 366 g/mol. The smallest absolute Gasteiger partial charge is 0.273 e. The van der Waals surface area contributed by atoms with Crippen LogP contribution in [0.2, 0.25) is 0 Å². The first-order valence-electron chi connectivity index (χ1n) is 7.37. The Bertz CT molecular complexity index is 635. The van der Waals surface area contributed by atoms with Crippen LogP contribution in [0.25, 0.3) is 0 Å². The van der Waals surface area contributed by atoms with E-state index in [1.807, 2.05) is 10.7 Å². The molecule has 0 aliphatic carbocycles. The molecule has 2 aromatic heterocycles. The highest BCUT2D eigenvalue weighted by Gasteiger charge is 2.18. The first-order chi connectivity index (χ1) is 10.7. The van der Waals surface area contributed by atoms with E-state index in [1.165, 1.54) is 4.88 Å². The number of amides is 1. The summed E-state index contributed by atoms with van der Waals surface area (Å²) in [6.45, 7) is 2.58. The van der Waals surface area contributed by atoms with Gasteiger partial charge in [-0.2, -0.15) is 0 Å². The maximum absolute atomic E-state index is 12.1. The fraction of sp³-hybridized carbons (Fsp3) is 0.500. The van der Waals surface area contributed by atoms with Crippen molar-refractivity contribution in [2.75, 3.05) is 19.6 Å². The summed E-state index contributed by atoms with van der Waals surface area (Å²) in [7, 11) is 0. The van der Waals surface area contributed by atoms with E-state index in [-0.39, 0.29) is 5.91 Å². The van der Waals surface area contributed by atoms with E-state index < -0.39 is 0 Å². The van der Waals surface area contributed by atoms with Crippen LogP contribution in [-0.4, -0.2) is 40.5 Å². The Labute approximate surface area is 141 Å². The van der Waals surface area contributed by atoms with E-state index in [1.54, 1.807) is 17.5 Å². The first kappa shape index (κ1) is 15.6. The lowest BCUT2D eigenvalue weighted by Crippen LogP contribution is -2.29. The lowest BCUT2D eigenvalue weighted by atomic mass is 10.1. The minimum Gasteiger partial charge on any atom is -0.350 e. The van der Waals surface area contributed by atoms with Crippen LogP contribution in [0.4, 0.5) is 0 Å². The molecule has 118 valence electrons.